The molecule has 0 aliphatic carbocycles. The van der Waals surface area contributed by atoms with Gasteiger partial charge in [-0.25, -0.2) is 0 Å². The SMILES string of the molecule is O=C1CCC(N2C(=O)c3cccc(CNCc4cccc5c4CCCN5)c3C2=O)C(=O)N1. The van der Waals surface area contributed by atoms with E-state index in [1.807, 2.05) is 12.1 Å². The molecule has 2 aromatic carbocycles. The molecule has 164 valence electrons. The van der Waals surface area contributed by atoms with Crippen molar-refractivity contribution in [2.45, 2.75) is 44.8 Å². The Morgan fingerprint density at radius 3 is 2.56 bits per heavy atom. The molecular weight excluding hydrogens is 408 g/mol. The molecule has 3 N–H and O–H groups in total. The summed E-state index contributed by atoms with van der Waals surface area (Å²) < 4.78 is 0. The fourth-order valence-electron chi connectivity index (χ4n) is 4.81. The van der Waals surface area contributed by atoms with E-state index < -0.39 is 23.8 Å². The number of anilines is 1. The number of fused-ring (bicyclic) bond motifs is 2. The van der Waals surface area contributed by atoms with Crippen LogP contribution in [0.3, 0.4) is 0 Å². The van der Waals surface area contributed by atoms with Gasteiger partial charge >= 0.3 is 0 Å². The first-order valence-corrected chi connectivity index (χ1v) is 10.9. The van der Waals surface area contributed by atoms with E-state index in [2.05, 4.69) is 28.1 Å². The van der Waals surface area contributed by atoms with Crippen molar-refractivity contribution in [3.63, 3.8) is 0 Å². The predicted molar refractivity (Wildman–Crippen MR) is 117 cm³/mol. The molecular formula is C24H24N4O4. The van der Waals surface area contributed by atoms with Crippen LogP contribution in [0.15, 0.2) is 36.4 Å². The molecule has 0 radical (unpaired) electrons. The van der Waals surface area contributed by atoms with E-state index in [1.165, 1.54) is 16.8 Å². The summed E-state index contributed by atoms with van der Waals surface area (Å²) >= 11 is 0. The number of hydrogen-bond donors (Lipinski definition) is 3. The number of benzene rings is 2. The Labute approximate surface area is 185 Å². The Kier molecular flexibility index (Phi) is 5.22. The fourth-order valence-corrected chi connectivity index (χ4v) is 4.81. The van der Waals surface area contributed by atoms with Crippen LogP contribution in [0.25, 0.3) is 0 Å². The van der Waals surface area contributed by atoms with E-state index in [0.717, 1.165) is 29.8 Å². The quantitative estimate of drug-likeness (QED) is 0.622. The summed E-state index contributed by atoms with van der Waals surface area (Å²) in [6.45, 7) is 2.05. The van der Waals surface area contributed by atoms with Crippen molar-refractivity contribution in [1.29, 1.82) is 0 Å². The van der Waals surface area contributed by atoms with Crippen LogP contribution in [0.5, 0.6) is 0 Å². The van der Waals surface area contributed by atoms with E-state index in [4.69, 9.17) is 0 Å². The molecule has 0 bridgehead atoms. The van der Waals surface area contributed by atoms with Gasteiger partial charge in [-0.2, -0.15) is 0 Å². The summed E-state index contributed by atoms with van der Waals surface area (Å²) in [6, 6.07) is 10.5. The molecule has 3 aliphatic rings. The first-order chi connectivity index (χ1) is 15.5. The van der Waals surface area contributed by atoms with E-state index in [0.29, 0.717) is 24.2 Å². The van der Waals surface area contributed by atoms with Gasteiger partial charge in [0.05, 0.1) is 11.1 Å². The van der Waals surface area contributed by atoms with Gasteiger partial charge in [0, 0.05) is 31.7 Å². The van der Waals surface area contributed by atoms with Crippen molar-refractivity contribution in [1.82, 2.24) is 15.5 Å². The number of carbonyl (C=O) groups excluding carboxylic acids is 4. The molecule has 3 aliphatic heterocycles. The molecule has 3 heterocycles. The Balaban J connectivity index is 1.34. The van der Waals surface area contributed by atoms with Gasteiger partial charge in [-0.05, 0) is 48.1 Å². The van der Waals surface area contributed by atoms with Gasteiger partial charge in [0.15, 0.2) is 0 Å². The Hall–Kier alpha value is -3.52. The average molecular weight is 432 g/mol. The molecule has 8 nitrogen and oxygen atoms in total. The second-order valence-corrected chi connectivity index (χ2v) is 8.36. The summed E-state index contributed by atoms with van der Waals surface area (Å²) in [7, 11) is 0. The van der Waals surface area contributed by atoms with Gasteiger partial charge in [-0.1, -0.05) is 24.3 Å². The predicted octanol–water partition coefficient (Wildman–Crippen LogP) is 1.74. The second kappa shape index (κ2) is 8.20. The average Bonchev–Trinajstić information content (AvgIpc) is 3.05. The molecule has 4 amide bonds. The van der Waals surface area contributed by atoms with Crippen LogP contribution in [0.4, 0.5) is 5.69 Å². The van der Waals surface area contributed by atoms with Crippen molar-refractivity contribution in [3.05, 3.63) is 64.2 Å². The van der Waals surface area contributed by atoms with Gasteiger partial charge in [0.25, 0.3) is 11.8 Å². The highest BCUT2D eigenvalue weighted by Crippen LogP contribution is 2.30. The maximum absolute atomic E-state index is 13.2. The third-order valence-electron chi connectivity index (χ3n) is 6.38. The molecule has 32 heavy (non-hydrogen) atoms. The highest BCUT2D eigenvalue weighted by Gasteiger charge is 2.45. The van der Waals surface area contributed by atoms with Gasteiger partial charge < -0.3 is 10.6 Å². The number of nitrogens with one attached hydrogen (secondary N) is 3. The molecule has 1 atom stereocenters. The molecule has 0 spiro atoms. The standard InChI is InChI=1S/C24H24N4O4/c29-20-10-9-19(22(30)27-20)28-23(31)17-6-1-5-15(21(17)24(28)32)13-25-12-14-4-2-8-18-16(14)7-3-11-26-18/h1-2,4-6,8,19,25-26H,3,7,9-13H2,(H,27,29,30). The number of carbonyl (C=O) groups is 4. The maximum Gasteiger partial charge on any atom is 0.262 e. The van der Waals surface area contributed by atoms with Crippen molar-refractivity contribution >= 4 is 29.3 Å². The van der Waals surface area contributed by atoms with E-state index in [-0.39, 0.29) is 18.7 Å². The summed E-state index contributed by atoms with van der Waals surface area (Å²) in [6.07, 6.45) is 2.39. The van der Waals surface area contributed by atoms with Crippen molar-refractivity contribution in [2.24, 2.45) is 0 Å². The smallest absolute Gasteiger partial charge is 0.262 e. The molecule has 8 heteroatoms. The van der Waals surface area contributed by atoms with Gasteiger partial charge in [-0.15, -0.1) is 0 Å². The lowest BCUT2D eigenvalue weighted by Gasteiger charge is -2.27. The summed E-state index contributed by atoms with van der Waals surface area (Å²) in [5.74, 6) is -1.94. The third kappa shape index (κ3) is 3.46. The Morgan fingerprint density at radius 1 is 0.938 bits per heavy atom. The highest BCUT2D eigenvalue weighted by molar-refractivity contribution is 6.24. The Morgan fingerprint density at radius 2 is 1.72 bits per heavy atom. The fraction of sp³-hybridized carbons (Fsp3) is 0.333. The van der Waals surface area contributed by atoms with Crippen LogP contribution in [0.1, 0.15) is 56.7 Å². The summed E-state index contributed by atoms with van der Waals surface area (Å²) in [5, 5.41) is 9.06. The highest BCUT2D eigenvalue weighted by atomic mass is 16.2. The number of piperidine rings is 1. The molecule has 1 unspecified atom stereocenters. The monoisotopic (exact) mass is 432 g/mol. The lowest BCUT2D eigenvalue weighted by Crippen LogP contribution is -2.54. The second-order valence-electron chi connectivity index (χ2n) is 8.36. The summed E-state index contributed by atoms with van der Waals surface area (Å²) in [5.41, 5.74) is 5.08. The Bertz CT molecular complexity index is 1140. The van der Waals surface area contributed by atoms with Crippen LogP contribution in [-0.4, -0.2) is 41.1 Å². The van der Waals surface area contributed by atoms with Gasteiger partial charge in [-0.3, -0.25) is 29.4 Å². The minimum Gasteiger partial charge on any atom is -0.385 e. The lowest BCUT2D eigenvalue weighted by molar-refractivity contribution is -0.136. The normalized spacial score (nSPS) is 20.0. The number of nitrogens with zero attached hydrogens (tertiary/aromatic N) is 1. The first-order valence-electron chi connectivity index (χ1n) is 10.9. The molecule has 0 aromatic heterocycles. The number of hydrogen-bond acceptors (Lipinski definition) is 6. The van der Waals surface area contributed by atoms with Crippen LogP contribution in [0, 0.1) is 0 Å². The van der Waals surface area contributed by atoms with E-state index in [1.54, 1.807) is 12.1 Å². The first kappa shape index (κ1) is 20.4. The lowest BCUT2D eigenvalue weighted by atomic mass is 9.97. The molecule has 1 fully saturated rings. The zero-order valence-electron chi connectivity index (χ0n) is 17.6. The van der Waals surface area contributed by atoms with Crippen molar-refractivity contribution in [2.75, 3.05) is 11.9 Å². The maximum atomic E-state index is 13.2. The topological polar surface area (TPSA) is 108 Å². The van der Waals surface area contributed by atoms with Crippen LogP contribution in [0.2, 0.25) is 0 Å². The molecule has 5 rings (SSSR count). The zero-order valence-corrected chi connectivity index (χ0v) is 17.6. The summed E-state index contributed by atoms with van der Waals surface area (Å²) in [4.78, 5) is 50.9. The van der Waals surface area contributed by atoms with Crippen LogP contribution >= 0.6 is 0 Å². The van der Waals surface area contributed by atoms with E-state index >= 15 is 0 Å². The largest absolute Gasteiger partial charge is 0.385 e. The molecule has 1 saturated heterocycles. The number of amides is 4. The number of imide groups is 2. The van der Waals surface area contributed by atoms with Gasteiger partial charge in [0.2, 0.25) is 11.8 Å². The molecule has 0 saturated carbocycles. The zero-order chi connectivity index (χ0) is 22.2. The minimum absolute atomic E-state index is 0.106. The van der Waals surface area contributed by atoms with Crippen LogP contribution in [-0.2, 0) is 29.1 Å². The number of rotatable bonds is 5. The van der Waals surface area contributed by atoms with E-state index in [9.17, 15) is 19.2 Å². The van der Waals surface area contributed by atoms with Crippen molar-refractivity contribution in [3.8, 4) is 0 Å². The van der Waals surface area contributed by atoms with Gasteiger partial charge in [0.1, 0.15) is 6.04 Å². The van der Waals surface area contributed by atoms with Crippen LogP contribution < -0.4 is 16.0 Å². The molecule has 2 aromatic rings. The van der Waals surface area contributed by atoms with Crippen molar-refractivity contribution < 1.29 is 19.2 Å². The third-order valence-corrected chi connectivity index (χ3v) is 6.38. The minimum atomic E-state index is -0.954.